The van der Waals surface area contributed by atoms with E-state index in [-0.39, 0.29) is 4.90 Å². The maximum atomic E-state index is 13.0. The molecule has 1 aliphatic rings. The van der Waals surface area contributed by atoms with Gasteiger partial charge < -0.3 is 14.3 Å². The quantitative estimate of drug-likeness (QED) is 0.411. The number of H-pyrrole nitrogens is 1. The minimum Gasteiger partial charge on any atom is -0.379 e. The molecule has 0 atom stereocenters. The molecular weight excluding hydrogens is 470 g/mol. The average molecular weight is 492 g/mol. The van der Waals surface area contributed by atoms with Crippen LogP contribution in [0.3, 0.4) is 0 Å². The first-order chi connectivity index (χ1) is 15.5. The molecule has 32 heavy (non-hydrogen) atoms. The van der Waals surface area contributed by atoms with Gasteiger partial charge in [-0.15, -0.1) is 0 Å². The monoisotopic (exact) mass is 491 g/mol. The molecular formula is C21H22ClN5O3S2. The van der Waals surface area contributed by atoms with Crippen molar-refractivity contribution in [1.82, 2.24) is 23.8 Å². The Labute approximate surface area is 195 Å². The number of fused-ring (bicyclic) bond motifs is 2. The Bertz CT molecular complexity index is 1390. The number of nitrogens with one attached hydrogen (secondary N) is 1. The molecule has 0 aliphatic carbocycles. The van der Waals surface area contributed by atoms with E-state index in [4.69, 9.17) is 21.3 Å². The summed E-state index contributed by atoms with van der Waals surface area (Å²) >= 11 is 7.61. The van der Waals surface area contributed by atoms with Gasteiger partial charge in [-0.05, 0) is 43.3 Å². The number of imidazole rings is 2. The minimum atomic E-state index is -3.56. The van der Waals surface area contributed by atoms with Crippen LogP contribution in [-0.2, 0) is 27.1 Å². The van der Waals surface area contributed by atoms with E-state index in [9.17, 15) is 8.42 Å². The minimum absolute atomic E-state index is 0.265. The normalized spacial score (nSPS) is 15.7. The highest BCUT2D eigenvalue weighted by Gasteiger charge is 2.27. The molecule has 0 amide bonds. The molecule has 1 fully saturated rings. The Morgan fingerprint density at radius 1 is 1.12 bits per heavy atom. The summed E-state index contributed by atoms with van der Waals surface area (Å²) in [6, 6.07) is 10.7. The lowest BCUT2D eigenvalue weighted by Crippen LogP contribution is -2.40. The number of ether oxygens (including phenoxy) is 1. The molecule has 1 N–H and O–H groups in total. The van der Waals surface area contributed by atoms with Crippen molar-refractivity contribution >= 4 is 55.5 Å². The van der Waals surface area contributed by atoms with Crippen molar-refractivity contribution in [3.05, 3.63) is 47.2 Å². The molecule has 0 bridgehead atoms. The molecule has 168 valence electrons. The van der Waals surface area contributed by atoms with Crippen LogP contribution in [0.1, 0.15) is 12.7 Å². The van der Waals surface area contributed by atoms with Crippen LogP contribution in [-0.4, -0.2) is 58.5 Å². The first-order valence-electron chi connectivity index (χ1n) is 10.3. The number of rotatable bonds is 6. The topological polar surface area (TPSA) is 93.1 Å². The van der Waals surface area contributed by atoms with Crippen molar-refractivity contribution in [1.29, 1.82) is 0 Å². The highest BCUT2D eigenvalue weighted by Crippen LogP contribution is 2.28. The zero-order valence-electron chi connectivity index (χ0n) is 17.4. The van der Waals surface area contributed by atoms with E-state index < -0.39 is 10.0 Å². The van der Waals surface area contributed by atoms with E-state index in [1.807, 2.05) is 24.3 Å². The third-order valence-corrected chi connectivity index (χ3v) is 8.48. The summed E-state index contributed by atoms with van der Waals surface area (Å²) in [4.78, 5) is 12.9. The molecule has 1 saturated heterocycles. The number of morpholine rings is 1. The van der Waals surface area contributed by atoms with Crippen LogP contribution in [0, 0.1) is 0 Å². The second-order valence-corrected chi connectivity index (χ2v) is 10.8. The van der Waals surface area contributed by atoms with Crippen molar-refractivity contribution in [3.8, 4) is 0 Å². The van der Waals surface area contributed by atoms with Crippen molar-refractivity contribution in [2.75, 3.05) is 26.3 Å². The van der Waals surface area contributed by atoms with Crippen molar-refractivity contribution in [2.45, 2.75) is 29.3 Å². The first-order valence-corrected chi connectivity index (χ1v) is 13.1. The first kappa shape index (κ1) is 21.7. The second-order valence-electron chi connectivity index (χ2n) is 7.43. The number of sulfonamides is 1. The van der Waals surface area contributed by atoms with Gasteiger partial charge in [-0.3, -0.25) is 0 Å². The van der Waals surface area contributed by atoms with Crippen molar-refractivity contribution < 1.29 is 13.2 Å². The van der Waals surface area contributed by atoms with Crippen LogP contribution in [0.4, 0.5) is 0 Å². The van der Waals surface area contributed by atoms with Gasteiger partial charge >= 0.3 is 0 Å². The van der Waals surface area contributed by atoms with E-state index in [2.05, 4.69) is 21.5 Å². The standard InChI is InChI=1S/C21H22ClN5O3S2/c1-2-27-19-6-4-15(32(28,29)26-7-9-30-10-8-26)12-18(19)23-20(27)13-31-21-24-16-5-3-14(22)11-17(16)25-21/h3-6,11-12H,2,7-10,13H2,1H3,(H,24,25). The molecule has 8 nitrogen and oxygen atoms in total. The zero-order valence-corrected chi connectivity index (χ0v) is 19.8. The highest BCUT2D eigenvalue weighted by molar-refractivity contribution is 7.98. The van der Waals surface area contributed by atoms with Gasteiger partial charge in [0.1, 0.15) is 5.82 Å². The summed E-state index contributed by atoms with van der Waals surface area (Å²) in [5, 5.41) is 1.45. The Balaban J connectivity index is 1.42. The molecule has 5 rings (SSSR count). The molecule has 2 aromatic carbocycles. The van der Waals surface area contributed by atoms with E-state index in [1.165, 1.54) is 4.31 Å². The molecule has 0 unspecified atom stereocenters. The van der Waals surface area contributed by atoms with Gasteiger partial charge in [-0.2, -0.15) is 4.31 Å². The highest BCUT2D eigenvalue weighted by atomic mass is 35.5. The SMILES string of the molecule is CCn1c(CSc2nc3ccc(Cl)cc3[nH]2)nc2cc(S(=O)(=O)N3CCOCC3)ccc21. The Kier molecular flexibility index (Phi) is 5.89. The van der Waals surface area contributed by atoms with E-state index in [1.54, 1.807) is 23.9 Å². The summed E-state index contributed by atoms with van der Waals surface area (Å²) in [5.74, 6) is 1.47. The van der Waals surface area contributed by atoms with Crippen LogP contribution >= 0.6 is 23.4 Å². The van der Waals surface area contributed by atoms with Crippen molar-refractivity contribution in [2.24, 2.45) is 0 Å². The van der Waals surface area contributed by atoms with Crippen LogP contribution in [0.5, 0.6) is 0 Å². The predicted octanol–water partition coefficient (Wildman–Crippen LogP) is 3.90. The van der Waals surface area contributed by atoms with Gasteiger partial charge in [0, 0.05) is 24.7 Å². The fourth-order valence-electron chi connectivity index (χ4n) is 3.88. The van der Waals surface area contributed by atoms with Gasteiger partial charge in [0.2, 0.25) is 10.0 Å². The number of hydrogen-bond donors (Lipinski definition) is 1. The van der Waals surface area contributed by atoms with Gasteiger partial charge in [0.05, 0.1) is 45.9 Å². The fourth-order valence-corrected chi connectivity index (χ4v) is 6.31. The molecule has 3 heterocycles. The Morgan fingerprint density at radius 3 is 2.72 bits per heavy atom. The molecule has 4 aromatic rings. The number of aromatic nitrogens is 4. The van der Waals surface area contributed by atoms with Gasteiger partial charge in [-0.25, -0.2) is 18.4 Å². The lowest BCUT2D eigenvalue weighted by Gasteiger charge is -2.26. The van der Waals surface area contributed by atoms with Crippen molar-refractivity contribution in [3.63, 3.8) is 0 Å². The van der Waals surface area contributed by atoms with E-state index >= 15 is 0 Å². The molecule has 0 saturated carbocycles. The fraction of sp³-hybridized carbons (Fsp3) is 0.333. The molecule has 11 heteroatoms. The van der Waals surface area contributed by atoms with Crippen LogP contribution in [0.2, 0.25) is 5.02 Å². The number of hydrogen-bond acceptors (Lipinski definition) is 6. The summed E-state index contributed by atoms with van der Waals surface area (Å²) in [6.45, 7) is 4.36. The average Bonchev–Trinajstić information content (AvgIpc) is 3.37. The number of benzene rings is 2. The zero-order chi connectivity index (χ0) is 22.3. The van der Waals surface area contributed by atoms with Crippen LogP contribution in [0.15, 0.2) is 46.5 Å². The van der Waals surface area contributed by atoms with Crippen LogP contribution < -0.4 is 0 Å². The van der Waals surface area contributed by atoms with E-state index in [0.717, 1.165) is 34.1 Å². The number of halogens is 1. The summed E-state index contributed by atoms with van der Waals surface area (Å²) in [7, 11) is -3.56. The molecule has 2 aromatic heterocycles. The Hall–Kier alpha value is -2.11. The smallest absolute Gasteiger partial charge is 0.243 e. The third kappa shape index (κ3) is 4.01. The Morgan fingerprint density at radius 2 is 1.94 bits per heavy atom. The van der Waals surface area contributed by atoms with Crippen LogP contribution in [0.25, 0.3) is 22.1 Å². The van der Waals surface area contributed by atoms with E-state index in [0.29, 0.717) is 42.6 Å². The number of nitrogens with zero attached hydrogens (tertiary/aromatic N) is 4. The summed E-state index contributed by atoms with van der Waals surface area (Å²) in [5.41, 5.74) is 3.34. The van der Waals surface area contributed by atoms with Gasteiger partial charge in [0.15, 0.2) is 5.16 Å². The number of thioether (sulfide) groups is 1. The predicted molar refractivity (Wildman–Crippen MR) is 126 cm³/mol. The third-order valence-electron chi connectivity index (χ3n) is 5.48. The van der Waals surface area contributed by atoms with Gasteiger partial charge in [0.25, 0.3) is 0 Å². The van der Waals surface area contributed by atoms with Gasteiger partial charge in [-0.1, -0.05) is 23.4 Å². The molecule has 0 spiro atoms. The lowest BCUT2D eigenvalue weighted by molar-refractivity contribution is 0.0730. The second kappa shape index (κ2) is 8.68. The maximum Gasteiger partial charge on any atom is 0.243 e. The number of aryl methyl sites for hydroxylation is 1. The maximum absolute atomic E-state index is 13.0. The molecule has 0 radical (unpaired) electrons. The lowest BCUT2D eigenvalue weighted by atomic mass is 10.3. The largest absolute Gasteiger partial charge is 0.379 e. The molecule has 1 aliphatic heterocycles. The summed E-state index contributed by atoms with van der Waals surface area (Å²) < 4.78 is 34.9. The number of aromatic amines is 1. The summed E-state index contributed by atoms with van der Waals surface area (Å²) in [6.07, 6.45) is 0.